The Morgan fingerprint density at radius 1 is 1.65 bits per heavy atom. The molecule has 1 atom stereocenters. The third kappa shape index (κ3) is 4.32. The molecular weight excluding hydrogens is 222 g/mol. The van der Waals surface area contributed by atoms with Gasteiger partial charge in [0, 0.05) is 33.2 Å². The number of nitrogens with zero attached hydrogens (tertiary/aromatic N) is 1. The van der Waals surface area contributed by atoms with Gasteiger partial charge in [0.1, 0.15) is 0 Å². The normalized spacial score (nSPS) is 19.8. The number of nitrogens with two attached hydrogens (primary N) is 1. The zero-order valence-electron chi connectivity index (χ0n) is 10.3. The van der Waals surface area contributed by atoms with Crippen molar-refractivity contribution in [3.63, 3.8) is 0 Å². The van der Waals surface area contributed by atoms with E-state index in [-0.39, 0.29) is 17.7 Å². The molecule has 1 fully saturated rings. The number of carbonyl (C=O) groups is 2. The zero-order valence-corrected chi connectivity index (χ0v) is 10.3. The quantitative estimate of drug-likeness (QED) is 0.559. The minimum Gasteiger partial charge on any atom is -0.383 e. The monoisotopic (exact) mass is 243 g/mol. The average Bonchev–Trinajstić information content (AvgIpc) is 2.68. The second-order valence-electron chi connectivity index (χ2n) is 4.17. The van der Waals surface area contributed by atoms with E-state index in [1.54, 1.807) is 12.0 Å². The van der Waals surface area contributed by atoms with Gasteiger partial charge in [0.15, 0.2) is 0 Å². The summed E-state index contributed by atoms with van der Waals surface area (Å²) < 4.78 is 4.92. The molecule has 2 amide bonds. The molecule has 98 valence electrons. The van der Waals surface area contributed by atoms with E-state index in [2.05, 4.69) is 5.32 Å². The van der Waals surface area contributed by atoms with Crippen molar-refractivity contribution in [3.8, 4) is 0 Å². The van der Waals surface area contributed by atoms with E-state index >= 15 is 0 Å². The molecule has 0 aromatic heterocycles. The van der Waals surface area contributed by atoms with Gasteiger partial charge in [-0.3, -0.25) is 9.59 Å². The minimum atomic E-state index is -0.225. The van der Waals surface area contributed by atoms with Crippen LogP contribution in [0.3, 0.4) is 0 Å². The highest BCUT2D eigenvalue weighted by Crippen LogP contribution is 2.17. The van der Waals surface area contributed by atoms with Crippen LogP contribution in [-0.4, -0.2) is 56.6 Å². The van der Waals surface area contributed by atoms with Gasteiger partial charge in [-0.2, -0.15) is 0 Å². The van der Waals surface area contributed by atoms with Crippen LogP contribution in [0.2, 0.25) is 0 Å². The van der Waals surface area contributed by atoms with Crippen LogP contribution in [-0.2, 0) is 14.3 Å². The van der Waals surface area contributed by atoms with Gasteiger partial charge in [0.2, 0.25) is 11.8 Å². The average molecular weight is 243 g/mol. The molecule has 0 bridgehead atoms. The Morgan fingerprint density at radius 2 is 2.41 bits per heavy atom. The molecule has 3 N–H and O–H groups in total. The van der Waals surface area contributed by atoms with Crippen molar-refractivity contribution in [2.24, 2.45) is 11.7 Å². The molecule has 17 heavy (non-hydrogen) atoms. The van der Waals surface area contributed by atoms with Crippen LogP contribution in [0.5, 0.6) is 0 Å². The van der Waals surface area contributed by atoms with Crippen LogP contribution in [0.15, 0.2) is 0 Å². The maximum atomic E-state index is 11.7. The van der Waals surface area contributed by atoms with Gasteiger partial charge in [-0.25, -0.2) is 0 Å². The zero-order chi connectivity index (χ0) is 12.7. The highest BCUT2D eigenvalue weighted by molar-refractivity contribution is 5.89. The van der Waals surface area contributed by atoms with Crippen molar-refractivity contribution < 1.29 is 14.3 Å². The third-order valence-electron chi connectivity index (χ3n) is 2.83. The van der Waals surface area contributed by atoms with E-state index in [4.69, 9.17) is 10.5 Å². The first-order valence-corrected chi connectivity index (χ1v) is 5.93. The molecule has 0 saturated carbocycles. The number of carbonyl (C=O) groups excluding carboxylic acids is 2. The molecule has 6 heteroatoms. The van der Waals surface area contributed by atoms with Crippen LogP contribution < -0.4 is 11.1 Å². The van der Waals surface area contributed by atoms with Crippen LogP contribution in [0.4, 0.5) is 0 Å². The topological polar surface area (TPSA) is 84.7 Å². The molecule has 0 aliphatic carbocycles. The van der Waals surface area contributed by atoms with E-state index in [1.165, 1.54) is 0 Å². The van der Waals surface area contributed by atoms with E-state index in [1.807, 2.05) is 0 Å². The van der Waals surface area contributed by atoms with E-state index < -0.39 is 0 Å². The second-order valence-corrected chi connectivity index (χ2v) is 4.17. The fraction of sp³-hybridized carbons (Fsp3) is 0.818. The smallest absolute Gasteiger partial charge is 0.225 e. The fourth-order valence-electron chi connectivity index (χ4n) is 1.82. The van der Waals surface area contributed by atoms with Crippen LogP contribution in [0, 0.1) is 5.92 Å². The lowest BCUT2D eigenvalue weighted by atomic mass is 10.1. The summed E-state index contributed by atoms with van der Waals surface area (Å²) in [6.45, 7) is 2.70. The van der Waals surface area contributed by atoms with Crippen molar-refractivity contribution in [1.29, 1.82) is 0 Å². The number of nitrogens with one attached hydrogen (secondary N) is 1. The van der Waals surface area contributed by atoms with Crippen LogP contribution in [0.25, 0.3) is 0 Å². The minimum absolute atomic E-state index is 0.0287. The molecule has 1 rings (SSSR count). The predicted molar refractivity (Wildman–Crippen MR) is 63.2 cm³/mol. The van der Waals surface area contributed by atoms with Crippen LogP contribution in [0.1, 0.15) is 12.8 Å². The fourth-order valence-corrected chi connectivity index (χ4v) is 1.82. The molecule has 1 aliphatic rings. The molecule has 1 saturated heterocycles. The molecule has 1 aliphatic heterocycles. The number of rotatable bonds is 7. The summed E-state index contributed by atoms with van der Waals surface area (Å²) >= 11 is 0. The first kappa shape index (κ1) is 13.9. The Bertz CT molecular complexity index is 271. The van der Waals surface area contributed by atoms with Gasteiger partial charge in [0.05, 0.1) is 12.5 Å². The van der Waals surface area contributed by atoms with Crippen molar-refractivity contribution in [3.05, 3.63) is 0 Å². The number of hydrogen-bond donors (Lipinski definition) is 2. The molecule has 0 aromatic carbocycles. The first-order chi connectivity index (χ1) is 8.19. The summed E-state index contributed by atoms with van der Waals surface area (Å²) in [5, 5.41) is 2.79. The van der Waals surface area contributed by atoms with Gasteiger partial charge < -0.3 is 20.7 Å². The Hall–Kier alpha value is -1.14. The first-order valence-electron chi connectivity index (χ1n) is 5.93. The largest absolute Gasteiger partial charge is 0.383 e. The summed E-state index contributed by atoms with van der Waals surface area (Å²) in [4.78, 5) is 25.0. The summed E-state index contributed by atoms with van der Waals surface area (Å²) in [6, 6.07) is 0. The molecule has 0 aromatic rings. The Morgan fingerprint density at radius 3 is 3.06 bits per heavy atom. The number of hydrogen-bond acceptors (Lipinski definition) is 4. The number of amides is 2. The molecule has 1 heterocycles. The summed E-state index contributed by atoms with van der Waals surface area (Å²) in [5.74, 6) is -0.245. The van der Waals surface area contributed by atoms with Crippen molar-refractivity contribution in [2.45, 2.75) is 12.8 Å². The maximum absolute atomic E-state index is 11.7. The van der Waals surface area contributed by atoms with Crippen molar-refractivity contribution in [1.82, 2.24) is 10.2 Å². The predicted octanol–water partition coefficient (Wildman–Crippen LogP) is -1.05. The summed E-state index contributed by atoms with van der Waals surface area (Å²) in [6.07, 6.45) is 1.07. The van der Waals surface area contributed by atoms with Gasteiger partial charge in [-0.05, 0) is 13.0 Å². The lowest BCUT2D eigenvalue weighted by Gasteiger charge is -2.15. The Kier molecular flexibility index (Phi) is 5.93. The van der Waals surface area contributed by atoms with E-state index in [0.29, 0.717) is 39.2 Å². The Balaban J connectivity index is 2.31. The lowest BCUT2D eigenvalue weighted by molar-refractivity contribution is -0.129. The van der Waals surface area contributed by atoms with Gasteiger partial charge in [-0.15, -0.1) is 0 Å². The molecular formula is C11H21N3O3. The van der Waals surface area contributed by atoms with Gasteiger partial charge in [-0.1, -0.05) is 0 Å². The van der Waals surface area contributed by atoms with Gasteiger partial charge in [0.25, 0.3) is 0 Å². The Labute approximate surface area is 101 Å². The summed E-state index contributed by atoms with van der Waals surface area (Å²) in [5.41, 5.74) is 5.34. The van der Waals surface area contributed by atoms with Crippen molar-refractivity contribution >= 4 is 11.8 Å². The van der Waals surface area contributed by atoms with Gasteiger partial charge >= 0.3 is 0 Å². The standard InChI is InChI=1S/C11H21N3O3/c1-17-6-5-14-8-9(7-10(14)15)11(16)13-4-2-3-12/h9H,2-8,12H2,1H3,(H,13,16). The SMILES string of the molecule is COCCN1CC(C(=O)NCCCN)CC1=O. The lowest BCUT2D eigenvalue weighted by Crippen LogP contribution is -2.34. The number of methoxy groups -OCH3 is 1. The maximum Gasteiger partial charge on any atom is 0.225 e. The van der Waals surface area contributed by atoms with Crippen LogP contribution >= 0.6 is 0 Å². The highest BCUT2D eigenvalue weighted by Gasteiger charge is 2.33. The van der Waals surface area contributed by atoms with E-state index in [0.717, 1.165) is 6.42 Å². The molecule has 0 spiro atoms. The third-order valence-corrected chi connectivity index (χ3v) is 2.83. The summed E-state index contributed by atoms with van der Waals surface area (Å²) in [7, 11) is 1.59. The number of ether oxygens (including phenoxy) is 1. The second kappa shape index (κ2) is 7.24. The van der Waals surface area contributed by atoms with E-state index in [9.17, 15) is 9.59 Å². The molecule has 0 radical (unpaired) electrons. The highest BCUT2D eigenvalue weighted by atomic mass is 16.5. The number of likely N-dealkylation sites (tertiary alicyclic amines) is 1. The molecule has 1 unspecified atom stereocenters. The van der Waals surface area contributed by atoms with Crippen molar-refractivity contribution in [2.75, 3.05) is 39.9 Å². The molecule has 6 nitrogen and oxygen atoms in total.